The minimum absolute atomic E-state index is 0.0129. The molecule has 0 spiro atoms. The molecule has 0 amide bonds. The molecule has 2 rings (SSSR count). The molecule has 0 bridgehead atoms. The standard InChI is InChI=1S/C13H19NO2/c14-12(13(16)6-1-2-7-13)11-5-3-4-10(8-11)9-15/h3-5,8,12,15-16H,1-2,6-7,9,14H2. The van der Waals surface area contributed by atoms with Crippen LogP contribution in [-0.4, -0.2) is 15.8 Å². The summed E-state index contributed by atoms with van der Waals surface area (Å²) in [6, 6.07) is 7.18. The molecule has 0 heterocycles. The molecule has 0 radical (unpaired) electrons. The lowest BCUT2D eigenvalue weighted by molar-refractivity contribution is 0.0203. The number of rotatable bonds is 3. The molecule has 0 aliphatic heterocycles. The van der Waals surface area contributed by atoms with Crippen molar-refractivity contribution in [2.75, 3.05) is 0 Å². The maximum atomic E-state index is 10.4. The van der Waals surface area contributed by atoms with Crippen molar-refractivity contribution in [3.63, 3.8) is 0 Å². The maximum Gasteiger partial charge on any atom is 0.0839 e. The first-order valence-electron chi connectivity index (χ1n) is 5.83. The molecule has 3 heteroatoms. The molecule has 0 saturated heterocycles. The van der Waals surface area contributed by atoms with E-state index in [2.05, 4.69) is 0 Å². The molecular formula is C13H19NO2. The normalized spacial score (nSPS) is 20.9. The number of nitrogens with two attached hydrogens (primary N) is 1. The minimum Gasteiger partial charge on any atom is -0.392 e. The van der Waals surface area contributed by atoms with Gasteiger partial charge in [0.15, 0.2) is 0 Å². The average molecular weight is 221 g/mol. The van der Waals surface area contributed by atoms with Crippen LogP contribution < -0.4 is 5.73 Å². The summed E-state index contributed by atoms with van der Waals surface area (Å²) in [5, 5.41) is 19.5. The lowest BCUT2D eigenvalue weighted by Crippen LogP contribution is -2.38. The molecule has 1 aliphatic rings. The Morgan fingerprint density at radius 3 is 2.62 bits per heavy atom. The Hall–Kier alpha value is -0.900. The fourth-order valence-electron chi connectivity index (χ4n) is 2.49. The predicted molar refractivity (Wildman–Crippen MR) is 62.7 cm³/mol. The van der Waals surface area contributed by atoms with Gasteiger partial charge in [0.05, 0.1) is 18.2 Å². The third-order valence-electron chi connectivity index (χ3n) is 3.54. The predicted octanol–water partition coefficient (Wildman–Crippen LogP) is 1.48. The zero-order valence-corrected chi connectivity index (χ0v) is 9.39. The largest absolute Gasteiger partial charge is 0.392 e. The highest BCUT2D eigenvalue weighted by atomic mass is 16.3. The molecule has 0 aromatic heterocycles. The van der Waals surface area contributed by atoms with E-state index >= 15 is 0 Å². The zero-order valence-electron chi connectivity index (χ0n) is 9.39. The molecule has 4 N–H and O–H groups in total. The topological polar surface area (TPSA) is 66.5 Å². The van der Waals surface area contributed by atoms with Crippen LogP contribution in [0.15, 0.2) is 24.3 Å². The van der Waals surface area contributed by atoms with Crippen LogP contribution in [0.1, 0.15) is 42.9 Å². The van der Waals surface area contributed by atoms with E-state index in [1.54, 1.807) is 0 Å². The van der Waals surface area contributed by atoms with Crippen LogP contribution in [0, 0.1) is 0 Å². The summed E-state index contributed by atoms with van der Waals surface area (Å²) < 4.78 is 0. The van der Waals surface area contributed by atoms with Gasteiger partial charge in [-0.15, -0.1) is 0 Å². The van der Waals surface area contributed by atoms with E-state index in [1.807, 2.05) is 24.3 Å². The van der Waals surface area contributed by atoms with Crippen molar-refractivity contribution in [1.82, 2.24) is 0 Å². The third kappa shape index (κ3) is 2.12. The molecule has 1 atom stereocenters. The summed E-state index contributed by atoms with van der Waals surface area (Å²) in [5.41, 5.74) is 7.13. The molecule has 1 aromatic carbocycles. The summed E-state index contributed by atoms with van der Waals surface area (Å²) in [6.45, 7) is 0.0129. The summed E-state index contributed by atoms with van der Waals surface area (Å²) >= 11 is 0. The van der Waals surface area contributed by atoms with Gasteiger partial charge in [0.25, 0.3) is 0 Å². The minimum atomic E-state index is -0.756. The van der Waals surface area contributed by atoms with Crippen molar-refractivity contribution in [1.29, 1.82) is 0 Å². The van der Waals surface area contributed by atoms with Gasteiger partial charge in [-0.25, -0.2) is 0 Å². The fourth-order valence-corrected chi connectivity index (χ4v) is 2.49. The number of aliphatic hydroxyl groups excluding tert-OH is 1. The van der Waals surface area contributed by atoms with Gasteiger partial charge in [-0.2, -0.15) is 0 Å². The highest BCUT2D eigenvalue weighted by molar-refractivity contribution is 5.27. The van der Waals surface area contributed by atoms with Crippen molar-refractivity contribution in [2.24, 2.45) is 5.73 Å². The second kappa shape index (κ2) is 4.53. The fraction of sp³-hybridized carbons (Fsp3) is 0.538. The molecule has 88 valence electrons. The molecular weight excluding hydrogens is 202 g/mol. The van der Waals surface area contributed by atoms with E-state index in [9.17, 15) is 5.11 Å². The van der Waals surface area contributed by atoms with Crippen molar-refractivity contribution in [3.05, 3.63) is 35.4 Å². The first-order valence-corrected chi connectivity index (χ1v) is 5.83. The average Bonchev–Trinajstić information content (AvgIpc) is 2.76. The molecule has 1 fully saturated rings. The van der Waals surface area contributed by atoms with Gasteiger partial charge in [-0.3, -0.25) is 0 Å². The van der Waals surface area contributed by atoms with E-state index in [-0.39, 0.29) is 12.6 Å². The Balaban J connectivity index is 2.22. The second-order valence-electron chi connectivity index (χ2n) is 4.69. The van der Waals surface area contributed by atoms with Crippen LogP contribution in [0.2, 0.25) is 0 Å². The summed E-state index contributed by atoms with van der Waals surface area (Å²) in [7, 11) is 0. The molecule has 1 unspecified atom stereocenters. The molecule has 1 aromatic rings. The van der Waals surface area contributed by atoms with Crippen molar-refractivity contribution in [3.8, 4) is 0 Å². The highest BCUT2D eigenvalue weighted by Crippen LogP contribution is 2.38. The second-order valence-corrected chi connectivity index (χ2v) is 4.69. The number of hydrogen-bond donors (Lipinski definition) is 3. The first-order chi connectivity index (χ1) is 7.65. The van der Waals surface area contributed by atoms with Gasteiger partial charge in [-0.1, -0.05) is 37.1 Å². The van der Waals surface area contributed by atoms with Crippen LogP contribution in [-0.2, 0) is 6.61 Å². The van der Waals surface area contributed by atoms with E-state index in [4.69, 9.17) is 10.8 Å². The zero-order chi connectivity index (χ0) is 11.6. The first kappa shape index (κ1) is 11.6. The van der Waals surface area contributed by atoms with Crippen LogP contribution in [0.4, 0.5) is 0 Å². The summed E-state index contributed by atoms with van der Waals surface area (Å²) in [5.74, 6) is 0. The van der Waals surface area contributed by atoms with Gasteiger partial charge in [0, 0.05) is 0 Å². The molecule has 16 heavy (non-hydrogen) atoms. The molecule has 1 saturated carbocycles. The Bertz CT molecular complexity index is 359. The van der Waals surface area contributed by atoms with E-state index in [1.165, 1.54) is 0 Å². The third-order valence-corrected chi connectivity index (χ3v) is 3.54. The van der Waals surface area contributed by atoms with Crippen molar-refractivity contribution >= 4 is 0 Å². The SMILES string of the molecule is NC(c1cccc(CO)c1)C1(O)CCCC1. The van der Waals surface area contributed by atoms with E-state index in [0.29, 0.717) is 0 Å². The molecule has 3 nitrogen and oxygen atoms in total. The number of benzene rings is 1. The van der Waals surface area contributed by atoms with Gasteiger partial charge in [0.1, 0.15) is 0 Å². The van der Waals surface area contributed by atoms with E-state index in [0.717, 1.165) is 36.8 Å². The van der Waals surface area contributed by atoms with Crippen LogP contribution in [0.5, 0.6) is 0 Å². The highest BCUT2D eigenvalue weighted by Gasteiger charge is 2.38. The Labute approximate surface area is 95.9 Å². The van der Waals surface area contributed by atoms with Crippen LogP contribution in [0.25, 0.3) is 0 Å². The van der Waals surface area contributed by atoms with Gasteiger partial charge in [0.2, 0.25) is 0 Å². The number of aliphatic hydroxyl groups is 2. The molecule has 1 aliphatic carbocycles. The summed E-state index contributed by atoms with van der Waals surface area (Å²) in [6.07, 6.45) is 3.64. The Morgan fingerprint density at radius 2 is 2.00 bits per heavy atom. The van der Waals surface area contributed by atoms with Crippen LogP contribution >= 0.6 is 0 Å². The lowest BCUT2D eigenvalue weighted by Gasteiger charge is -2.30. The van der Waals surface area contributed by atoms with Crippen LogP contribution in [0.3, 0.4) is 0 Å². The van der Waals surface area contributed by atoms with Gasteiger partial charge in [-0.05, 0) is 24.0 Å². The quantitative estimate of drug-likeness (QED) is 0.724. The van der Waals surface area contributed by atoms with Crippen molar-refractivity contribution < 1.29 is 10.2 Å². The van der Waals surface area contributed by atoms with Gasteiger partial charge < -0.3 is 15.9 Å². The monoisotopic (exact) mass is 221 g/mol. The van der Waals surface area contributed by atoms with E-state index < -0.39 is 5.60 Å². The maximum absolute atomic E-state index is 10.4. The Kier molecular flexibility index (Phi) is 3.28. The van der Waals surface area contributed by atoms with Gasteiger partial charge >= 0.3 is 0 Å². The number of hydrogen-bond acceptors (Lipinski definition) is 3. The lowest BCUT2D eigenvalue weighted by atomic mass is 9.87. The van der Waals surface area contributed by atoms with Crippen molar-refractivity contribution in [2.45, 2.75) is 43.9 Å². The summed E-state index contributed by atoms with van der Waals surface area (Å²) in [4.78, 5) is 0. The smallest absolute Gasteiger partial charge is 0.0839 e. The Morgan fingerprint density at radius 1 is 1.31 bits per heavy atom.